The molecule has 3 aromatic heterocycles. The van der Waals surface area contributed by atoms with E-state index in [1.54, 1.807) is 25.3 Å². The van der Waals surface area contributed by atoms with Gasteiger partial charge in [-0.15, -0.1) is 11.3 Å². The number of amides is 4. The number of pyridine rings is 1. The van der Waals surface area contributed by atoms with Crippen molar-refractivity contribution >= 4 is 46.1 Å². The minimum absolute atomic E-state index is 0.114. The Balaban J connectivity index is 1.28. The molecule has 4 aromatic rings. The summed E-state index contributed by atoms with van der Waals surface area (Å²) in [7, 11) is 5.37. The summed E-state index contributed by atoms with van der Waals surface area (Å²) in [6.45, 7) is 16.0. The van der Waals surface area contributed by atoms with E-state index >= 15 is 0 Å². The predicted octanol–water partition coefficient (Wildman–Crippen LogP) is 5.53. The molecule has 0 radical (unpaired) electrons. The number of carbonyl (C=O) groups excluding carboxylic acids is 4. The van der Waals surface area contributed by atoms with Gasteiger partial charge in [0.15, 0.2) is 0 Å². The number of hydrogen-bond donors (Lipinski definition) is 2. The van der Waals surface area contributed by atoms with Crippen LogP contribution in [0, 0.1) is 11.3 Å². The molecule has 0 aliphatic carbocycles. The van der Waals surface area contributed by atoms with Crippen molar-refractivity contribution < 1.29 is 28.7 Å². The molecule has 334 valence electrons. The van der Waals surface area contributed by atoms with E-state index in [2.05, 4.69) is 65.2 Å². The van der Waals surface area contributed by atoms with E-state index < -0.39 is 35.4 Å². The van der Waals surface area contributed by atoms with E-state index in [-0.39, 0.29) is 37.0 Å². The number of nitrogens with zero attached hydrogens (tertiary/aromatic N) is 7. The van der Waals surface area contributed by atoms with Crippen LogP contribution in [-0.4, -0.2) is 137 Å². The quantitative estimate of drug-likeness (QED) is 0.216. The minimum Gasteiger partial charge on any atom is -0.464 e. The van der Waals surface area contributed by atoms with Crippen LogP contribution in [0.2, 0.25) is 0 Å². The van der Waals surface area contributed by atoms with Crippen LogP contribution in [0.3, 0.4) is 0 Å². The van der Waals surface area contributed by atoms with E-state index in [4.69, 9.17) is 19.4 Å². The van der Waals surface area contributed by atoms with Gasteiger partial charge in [0.1, 0.15) is 18.1 Å². The molecular weight excluding hydrogens is 807 g/mol. The Morgan fingerprint density at radius 1 is 1.11 bits per heavy atom. The molecule has 1 unspecified atom stereocenters. The van der Waals surface area contributed by atoms with Crippen molar-refractivity contribution in [2.24, 2.45) is 11.3 Å². The van der Waals surface area contributed by atoms with Gasteiger partial charge >= 0.3 is 12.0 Å². The van der Waals surface area contributed by atoms with Gasteiger partial charge in [0.05, 0.1) is 34.8 Å². The number of aromatic nitrogens is 3. The van der Waals surface area contributed by atoms with Gasteiger partial charge in [-0.2, -0.15) is 0 Å². The second kappa shape index (κ2) is 18.8. The highest BCUT2D eigenvalue weighted by atomic mass is 32.1. The number of methoxy groups -OCH3 is 1. The summed E-state index contributed by atoms with van der Waals surface area (Å²) in [5, 5.41) is 8.22. The second-order valence-electron chi connectivity index (χ2n) is 18.1. The van der Waals surface area contributed by atoms with Gasteiger partial charge in [-0.3, -0.25) is 24.4 Å². The molecule has 1 aromatic carbocycles. The Hall–Kier alpha value is -4.90. The van der Waals surface area contributed by atoms with Crippen LogP contribution in [0.15, 0.2) is 41.9 Å². The van der Waals surface area contributed by atoms with Gasteiger partial charge in [-0.25, -0.2) is 15.2 Å². The largest absolute Gasteiger partial charge is 0.464 e. The Morgan fingerprint density at radius 2 is 1.87 bits per heavy atom. The number of fused-ring (bicyclic) bond motifs is 6. The van der Waals surface area contributed by atoms with Gasteiger partial charge < -0.3 is 34.1 Å². The van der Waals surface area contributed by atoms with Crippen molar-refractivity contribution in [2.45, 2.75) is 98.0 Å². The van der Waals surface area contributed by atoms with Crippen molar-refractivity contribution in [2.75, 3.05) is 60.5 Å². The zero-order valence-electron chi connectivity index (χ0n) is 37.7. The zero-order chi connectivity index (χ0) is 44.5. The van der Waals surface area contributed by atoms with E-state index in [0.29, 0.717) is 50.4 Å². The molecule has 0 spiro atoms. The lowest BCUT2D eigenvalue weighted by Gasteiger charge is -2.39. The molecule has 4 amide bonds. The third-order valence-electron chi connectivity index (χ3n) is 12.5. The number of likely N-dealkylation sites (N-methyl/N-ethyl adjacent to an activating group) is 2. The zero-order valence-corrected chi connectivity index (χ0v) is 38.5. The maximum Gasteiger partial charge on any atom is 0.324 e. The second-order valence-corrected chi connectivity index (χ2v) is 19.1. The van der Waals surface area contributed by atoms with Crippen LogP contribution in [-0.2, 0) is 43.2 Å². The van der Waals surface area contributed by atoms with Gasteiger partial charge in [0.2, 0.25) is 5.91 Å². The molecule has 7 rings (SSSR count). The molecule has 62 heavy (non-hydrogen) atoms. The minimum atomic E-state index is -1.03. The molecule has 4 atom stereocenters. The van der Waals surface area contributed by atoms with Crippen LogP contribution >= 0.6 is 11.3 Å². The molecule has 3 aliphatic rings. The highest BCUT2D eigenvalue weighted by Gasteiger charge is 2.39. The fourth-order valence-electron chi connectivity index (χ4n) is 9.09. The van der Waals surface area contributed by atoms with Crippen LogP contribution in [0.4, 0.5) is 4.79 Å². The van der Waals surface area contributed by atoms with Crippen LogP contribution < -0.4 is 10.7 Å². The topological polar surface area (TPSA) is 154 Å². The number of aryl methyl sites for hydroxylation is 1. The molecule has 2 saturated heterocycles. The number of nitrogens with one attached hydrogen (secondary N) is 2. The van der Waals surface area contributed by atoms with Gasteiger partial charge in [0.25, 0.3) is 5.91 Å². The fourth-order valence-corrected chi connectivity index (χ4v) is 9.94. The maximum absolute atomic E-state index is 14.6. The molecular formula is C46H63N9O6S. The standard InChI is InChI=1S/C46H63N9O6S/c1-10-54-37-16-15-30-23-32(37)33(41(54)31-13-11-17-47-39(31)29(4)60-9)25-46(5,6)27-61-44(58)34-14-12-18-55(50-34)43(57)35(24-38-48-36(30)26-62-38)49-42(56)40(28(2)3)52(8)45(59)53-21-19-51(7)20-22-53/h11,13,15-17,23,26,28-29,34-35,40,50H,10,12,14,18-22,24-25,27H2,1-9H3,(H,49,56)/t29-,34-,35-,40?/m0/s1. The summed E-state index contributed by atoms with van der Waals surface area (Å²) in [5.74, 6) is -1.50. The summed E-state index contributed by atoms with van der Waals surface area (Å²) in [6.07, 6.45) is 3.31. The average molecular weight is 870 g/mol. The Labute approximate surface area is 369 Å². The van der Waals surface area contributed by atoms with E-state index in [1.165, 1.54) is 21.2 Å². The van der Waals surface area contributed by atoms with Crippen LogP contribution in [0.25, 0.3) is 33.4 Å². The summed E-state index contributed by atoms with van der Waals surface area (Å²) in [4.78, 5) is 71.8. The summed E-state index contributed by atoms with van der Waals surface area (Å²) in [6, 6.07) is 7.62. The van der Waals surface area contributed by atoms with Gasteiger partial charge in [-0.05, 0) is 75.9 Å². The van der Waals surface area contributed by atoms with E-state index in [1.807, 2.05) is 39.3 Å². The molecule has 0 saturated carbocycles. The van der Waals surface area contributed by atoms with E-state index in [9.17, 15) is 19.2 Å². The number of hydrazine groups is 1. The Kier molecular flexibility index (Phi) is 13.7. The lowest BCUT2D eigenvalue weighted by Crippen LogP contribution is -2.62. The third kappa shape index (κ3) is 9.38. The first-order valence-corrected chi connectivity index (χ1v) is 22.8. The number of rotatable bonds is 8. The number of benzene rings is 1. The molecule has 2 fully saturated rings. The van der Waals surface area contributed by atoms with Crippen molar-refractivity contribution in [1.82, 2.24) is 45.0 Å². The summed E-state index contributed by atoms with van der Waals surface area (Å²) < 4.78 is 14.2. The predicted molar refractivity (Wildman–Crippen MR) is 240 cm³/mol. The number of carbonyl (C=O) groups is 4. The van der Waals surface area contributed by atoms with Crippen LogP contribution in [0.5, 0.6) is 0 Å². The molecule has 6 bridgehead atoms. The number of urea groups is 1. The van der Waals surface area contributed by atoms with Gasteiger partial charge in [-0.1, -0.05) is 33.8 Å². The lowest BCUT2D eigenvalue weighted by molar-refractivity contribution is -0.155. The summed E-state index contributed by atoms with van der Waals surface area (Å²) >= 11 is 1.43. The third-order valence-corrected chi connectivity index (χ3v) is 13.4. The van der Waals surface area contributed by atoms with E-state index in [0.717, 1.165) is 57.8 Å². The first kappa shape index (κ1) is 45.1. The molecule has 16 heteroatoms. The molecule has 3 aliphatic heterocycles. The van der Waals surface area contributed by atoms with Crippen molar-refractivity contribution in [3.05, 3.63) is 58.2 Å². The van der Waals surface area contributed by atoms with Crippen molar-refractivity contribution in [3.63, 3.8) is 0 Å². The maximum atomic E-state index is 14.6. The number of cyclic esters (lactones) is 1. The number of thiazole rings is 1. The smallest absolute Gasteiger partial charge is 0.324 e. The number of ether oxygens (including phenoxy) is 2. The van der Waals surface area contributed by atoms with Crippen molar-refractivity contribution in [3.8, 4) is 22.5 Å². The Bertz CT molecular complexity index is 2280. The molecule has 15 nitrogen and oxygen atoms in total. The summed E-state index contributed by atoms with van der Waals surface area (Å²) in [5.41, 5.74) is 9.40. The average Bonchev–Trinajstić information content (AvgIpc) is 3.85. The SMILES string of the molecule is CCn1c(-c2cccnc2[C@H](C)OC)c2c3cc(ccc31)-c1csc(n1)C[C@H](NC(=O)C(C(C)C)N(C)C(=O)N1CCN(C)CC1)C(=O)N1CCC[C@H](N1)C(=O)OCC(C)(C)C2. The van der Waals surface area contributed by atoms with Crippen molar-refractivity contribution in [1.29, 1.82) is 0 Å². The highest BCUT2D eigenvalue weighted by Crippen LogP contribution is 2.42. The number of piperazine rings is 1. The number of hydrogen-bond acceptors (Lipinski definition) is 11. The highest BCUT2D eigenvalue weighted by molar-refractivity contribution is 7.10. The Morgan fingerprint density at radius 3 is 2.58 bits per heavy atom. The van der Waals surface area contributed by atoms with Crippen LogP contribution in [0.1, 0.15) is 76.8 Å². The number of esters is 1. The lowest BCUT2D eigenvalue weighted by atomic mass is 9.84. The van der Waals surface area contributed by atoms with Gasteiger partial charge in [0, 0.05) is 98.9 Å². The molecule has 2 N–H and O–H groups in total. The fraction of sp³-hybridized carbons (Fsp3) is 0.565. The first-order valence-electron chi connectivity index (χ1n) is 21.9. The molecule has 6 heterocycles. The normalized spacial score (nSPS) is 21.1. The first-order chi connectivity index (χ1) is 29.6. The monoisotopic (exact) mass is 869 g/mol.